The summed E-state index contributed by atoms with van der Waals surface area (Å²) in [4.78, 5) is 0. The zero-order valence-electron chi connectivity index (χ0n) is 4.50. The van der Waals surface area contributed by atoms with E-state index in [1.807, 2.05) is 0 Å². The second-order valence-corrected chi connectivity index (χ2v) is 0. The van der Waals surface area contributed by atoms with Crippen molar-refractivity contribution < 1.29 is 38.3 Å². The van der Waals surface area contributed by atoms with Gasteiger partial charge in [-0.3, -0.25) is 0 Å². The molecule has 0 aliphatic carbocycles. The van der Waals surface area contributed by atoms with E-state index in [9.17, 15) is 0 Å². The Labute approximate surface area is 105 Å². The molecule has 57 valence electrons. The average molecular weight is 259 g/mol. The van der Waals surface area contributed by atoms with Gasteiger partial charge in [0.2, 0.25) is 0 Å². The van der Waals surface area contributed by atoms with E-state index in [0.29, 0.717) is 0 Å². The molecule has 8 heteroatoms. The van der Waals surface area contributed by atoms with Gasteiger partial charge in [-0.25, -0.2) is 0 Å². The number of hydrogen-bond donors (Lipinski definition) is 0. The van der Waals surface area contributed by atoms with Gasteiger partial charge in [-0.2, -0.15) is 0 Å². The molecule has 0 saturated carbocycles. The first-order chi connectivity index (χ1) is 0. The molecule has 0 bridgehead atoms. The fourth-order valence-electron chi connectivity index (χ4n) is 0. The van der Waals surface area contributed by atoms with Gasteiger partial charge in [0.1, 0.15) is 0 Å². The summed E-state index contributed by atoms with van der Waals surface area (Å²) in [6.45, 7) is 0. The first kappa shape index (κ1) is 239. The smallest absolute Gasteiger partial charge is 0 e. The van der Waals surface area contributed by atoms with Gasteiger partial charge < -0.3 is 38.3 Å². The molecule has 0 unspecified atom stereocenters. The molecule has 14 N–H and O–H groups in total. The van der Waals surface area contributed by atoms with Gasteiger partial charge in [0, 0.05) is 68.9 Å². The van der Waals surface area contributed by atoms with Crippen LogP contribution in [-0.2, 0) is 0 Å². The zero-order chi connectivity index (χ0) is 0. The van der Waals surface area contributed by atoms with Crippen molar-refractivity contribution in [3.63, 3.8) is 0 Å². The summed E-state index contributed by atoms with van der Waals surface area (Å²) < 4.78 is 0. The number of rotatable bonds is 0. The molecular weight excluding hydrogens is 245 g/mol. The van der Waals surface area contributed by atoms with E-state index in [2.05, 4.69) is 0 Å². The first-order valence-corrected chi connectivity index (χ1v) is 0. The second kappa shape index (κ2) is 169. The molecule has 0 aliphatic heterocycles. The summed E-state index contributed by atoms with van der Waals surface area (Å²) >= 11 is 0. The second-order valence-electron chi connectivity index (χ2n) is 0. The van der Waals surface area contributed by atoms with Crippen LogP contribution in [-0.4, -0.2) is 107 Å². The fraction of sp³-hybridized carbons (Fsp3) is 0. The fourth-order valence-corrected chi connectivity index (χ4v) is 0. The van der Waals surface area contributed by atoms with Crippen molar-refractivity contribution in [3.8, 4) is 0 Å². The predicted octanol–water partition coefficient (Wildman–Crippen LogP) is -6.15. The maximum atomic E-state index is 0. The molecule has 0 aromatic heterocycles. The Balaban J connectivity index is 0. The van der Waals surface area contributed by atoms with Gasteiger partial charge in [-0.05, 0) is 0 Å². The molecule has 0 aliphatic rings. The Morgan fingerprint density at radius 1 is 0.250 bits per heavy atom. The van der Waals surface area contributed by atoms with Gasteiger partial charge in [-0.1, -0.05) is 0 Å². The third-order valence-corrected chi connectivity index (χ3v) is 0. The van der Waals surface area contributed by atoms with Crippen LogP contribution in [0.1, 0.15) is 0 Å². The van der Waals surface area contributed by atoms with E-state index < -0.39 is 0 Å². The van der Waals surface area contributed by atoms with E-state index in [4.69, 9.17) is 0 Å². The molecular formula is H14CsO7. The normalized spacial score (nSPS) is 0. The first-order valence-electron chi connectivity index (χ1n) is 0. The molecule has 7 nitrogen and oxygen atoms in total. The van der Waals surface area contributed by atoms with E-state index in [1.54, 1.807) is 0 Å². The number of hydrogen-bond acceptors (Lipinski definition) is 0. The standard InChI is InChI=1S/Cs.7H2O/h;7*1H2. The van der Waals surface area contributed by atoms with Gasteiger partial charge in [0.05, 0.1) is 0 Å². The summed E-state index contributed by atoms with van der Waals surface area (Å²) in [5.41, 5.74) is 0. The molecule has 0 fully saturated rings. The summed E-state index contributed by atoms with van der Waals surface area (Å²) in [6, 6.07) is 0. The molecule has 0 aromatic carbocycles. The van der Waals surface area contributed by atoms with Crippen molar-refractivity contribution in [2.24, 2.45) is 0 Å². The van der Waals surface area contributed by atoms with Gasteiger partial charge in [-0.15, -0.1) is 0 Å². The van der Waals surface area contributed by atoms with Crippen molar-refractivity contribution in [1.82, 2.24) is 0 Å². The molecule has 0 atom stereocenters. The van der Waals surface area contributed by atoms with Crippen molar-refractivity contribution in [2.45, 2.75) is 0 Å². The van der Waals surface area contributed by atoms with Crippen LogP contribution in [0.3, 0.4) is 0 Å². The van der Waals surface area contributed by atoms with Crippen molar-refractivity contribution in [3.05, 3.63) is 0 Å². The topological polar surface area (TPSA) is 220 Å². The van der Waals surface area contributed by atoms with Crippen LogP contribution in [0.4, 0.5) is 0 Å². The quantitative estimate of drug-likeness (QED) is 0.396. The van der Waals surface area contributed by atoms with Crippen LogP contribution in [0.25, 0.3) is 0 Å². The minimum absolute atomic E-state index is 0. The zero-order valence-corrected chi connectivity index (χ0v) is 10.8. The Morgan fingerprint density at radius 3 is 0.250 bits per heavy atom. The molecule has 8 heavy (non-hydrogen) atoms. The molecule has 0 amide bonds. The third kappa shape index (κ3) is 114. The molecule has 0 heterocycles. The van der Waals surface area contributed by atoms with Gasteiger partial charge in [0.25, 0.3) is 0 Å². The Kier molecular flexibility index (Phi) is 5050. The third-order valence-electron chi connectivity index (χ3n) is 0. The van der Waals surface area contributed by atoms with Gasteiger partial charge >= 0.3 is 0 Å². The van der Waals surface area contributed by atoms with Crippen molar-refractivity contribution in [1.29, 1.82) is 0 Å². The van der Waals surface area contributed by atoms with Gasteiger partial charge in [0.15, 0.2) is 0 Å². The molecule has 0 rings (SSSR count). The minimum Gasteiger partial charge on any atom is -0.412 e. The summed E-state index contributed by atoms with van der Waals surface area (Å²) in [5.74, 6) is 0. The Bertz CT molecular complexity index is 4.35. The maximum Gasteiger partial charge on any atom is 0 e. The molecule has 0 spiro atoms. The predicted molar refractivity (Wildman–Crippen MR) is 31.1 cm³/mol. The SMILES string of the molecule is O.O.O.O.O.O.O.[Cs]. The molecule has 0 saturated heterocycles. The maximum absolute atomic E-state index is 0. The van der Waals surface area contributed by atoms with E-state index in [1.165, 1.54) is 0 Å². The van der Waals surface area contributed by atoms with Crippen LogP contribution >= 0.6 is 0 Å². The van der Waals surface area contributed by atoms with E-state index in [0.717, 1.165) is 0 Å². The minimum atomic E-state index is 0. The van der Waals surface area contributed by atoms with E-state index >= 15 is 0 Å². The van der Waals surface area contributed by atoms with Crippen molar-refractivity contribution >= 4 is 68.9 Å². The van der Waals surface area contributed by atoms with E-state index in [-0.39, 0.29) is 107 Å². The van der Waals surface area contributed by atoms with Crippen molar-refractivity contribution in [2.75, 3.05) is 0 Å². The Hall–Kier alpha value is 1.77. The van der Waals surface area contributed by atoms with Crippen LogP contribution in [0.15, 0.2) is 0 Å². The van der Waals surface area contributed by atoms with Crippen LogP contribution < -0.4 is 0 Å². The monoisotopic (exact) mass is 259 g/mol. The molecule has 0 aromatic rings. The summed E-state index contributed by atoms with van der Waals surface area (Å²) in [6.07, 6.45) is 0. The Morgan fingerprint density at radius 2 is 0.250 bits per heavy atom. The molecule has 1 radical (unpaired) electrons. The summed E-state index contributed by atoms with van der Waals surface area (Å²) in [5, 5.41) is 0. The van der Waals surface area contributed by atoms with Crippen LogP contribution in [0.5, 0.6) is 0 Å². The summed E-state index contributed by atoms with van der Waals surface area (Å²) in [7, 11) is 0. The average Bonchev–Trinajstić information content (AvgIpc) is 0. The van der Waals surface area contributed by atoms with Crippen LogP contribution in [0.2, 0.25) is 0 Å². The largest absolute Gasteiger partial charge is 0.412 e. The van der Waals surface area contributed by atoms with Crippen LogP contribution in [0, 0.1) is 0 Å².